The van der Waals surface area contributed by atoms with Gasteiger partial charge in [0, 0.05) is 18.2 Å². The summed E-state index contributed by atoms with van der Waals surface area (Å²) < 4.78 is 32.3. The van der Waals surface area contributed by atoms with Crippen molar-refractivity contribution >= 4 is 56.1 Å². The first-order chi connectivity index (χ1) is 13.6. The number of likely N-dealkylation sites (tertiary alicyclic amines) is 1. The SMILES string of the molecule is CO/N=C(\C(=O)N[C@@H]1C(=O)N(S(=O)(=O)O)[C@@H]1N1C(=O)CCC1=O)c1csc(N)n1. The summed E-state index contributed by atoms with van der Waals surface area (Å²) in [5.41, 5.74) is 5.16. The molecule has 14 nitrogen and oxygen atoms in total. The Balaban J connectivity index is 1.90. The predicted molar refractivity (Wildman–Crippen MR) is 95.3 cm³/mol. The zero-order valence-corrected chi connectivity index (χ0v) is 16.3. The summed E-state index contributed by atoms with van der Waals surface area (Å²) in [7, 11) is -3.94. The molecule has 1 aromatic rings. The van der Waals surface area contributed by atoms with E-state index >= 15 is 0 Å². The van der Waals surface area contributed by atoms with Gasteiger partial charge in [0.15, 0.2) is 23.1 Å². The monoisotopic (exact) mass is 446 g/mol. The Hall–Kier alpha value is -3.11. The molecule has 4 amide bonds. The van der Waals surface area contributed by atoms with Crippen molar-refractivity contribution in [2.24, 2.45) is 5.16 Å². The molecule has 0 aliphatic carbocycles. The maximum atomic E-state index is 12.6. The van der Waals surface area contributed by atoms with E-state index in [1.165, 1.54) is 5.38 Å². The largest absolute Gasteiger partial charge is 0.398 e. The molecule has 2 saturated heterocycles. The van der Waals surface area contributed by atoms with E-state index in [1.807, 2.05) is 0 Å². The van der Waals surface area contributed by atoms with Crippen LogP contribution < -0.4 is 11.1 Å². The molecule has 0 aromatic carbocycles. The summed E-state index contributed by atoms with van der Waals surface area (Å²) in [6.07, 6.45) is -2.14. The summed E-state index contributed by atoms with van der Waals surface area (Å²) in [5, 5.41) is 7.23. The minimum atomic E-state index is -5.09. The zero-order valence-electron chi connectivity index (χ0n) is 14.6. The third kappa shape index (κ3) is 3.64. The number of hydrogen-bond acceptors (Lipinski definition) is 11. The average Bonchev–Trinajstić information content (AvgIpc) is 3.19. The van der Waals surface area contributed by atoms with Gasteiger partial charge in [0.25, 0.3) is 11.8 Å². The molecule has 2 fully saturated rings. The van der Waals surface area contributed by atoms with Crippen molar-refractivity contribution in [2.75, 3.05) is 12.8 Å². The number of hydrogen-bond donors (Lipinski definition) is 3. The molecule has 0 radical (unpaired) electrons. The zero-order chi connectivity index (χ0) is 21.5. The number of imide groups is 1. The highest BCUT2D eigenvalue weighted by Gasteiger charge is 2.60. The van der Waals surface area contributed by atoms with Crippen LogP contribution in [0.3, 0.4) is 0 Å². The number of nitrogen functional groups attached to an aromatic ring is 1. The number of β-lactam (4-membered cyclic amide) rings is 1. The smallest absolute Gasteiger partial charge is 0.364 e. The van der Waals surface area contributed by atoms with E-state index in [4.69, 9.17) is 5.73 Å². The molecule has 0 unspecified atom stereocenters. The molecule has 3 rings (SSSR count). The highest BCUT2D eigenvalue weighted by atomic mass is 32.2. The summed E-state index contributed by atoms with van der Waals surface area (Å²) in [6.45, 7) is 0. The van der Waals surface area contributed by atoms with Crippen molar-refractivity contribution in [1.29, 1.82) is 0 Å². The van der Waals surface area contributed by atoms with E-state index in [9.17, 15) is 32.1 Å². The Kier molecular flexibility index (Phi) is 5.24. The van der Waals surface area contributed by atoms with Gasteiger partial charge in [0.1, 0.15) is 12.8 Å². The number of carbonyl (C=O) groups excluding carboxylic acids is 4. The second kappa shape index (κ2) is 7.37. The standard InChI is InChI=1S/C13H14N6O8S2/c1-27-17-8(5-4-28-13(14)15-5)10(22)16-9-11(18-6(20)2-3-7(18)21)19(12(9)23)29(24,25)26/h4,9,11H,2-3H2,1H3,(H2,14,15)(H,16,22)(H,24,25,26)/b17-8-/t9-,11-/m0/s1. The van der Waals surface area contributed by atoms with Crippen molar-refractivity contribution in [3.63, 3.8) is 0 Å². The van der Waals surface area contributed by atoms with Crippen LogP contribution in [0.5, 0.6) is 0 Å². The number of nitrogens with one attached hydrogen (secondary N) is 1. The number of thiazole rings is 1. The summed E-state index contributed by atoms with van der Waals surface area (Å²) in [4.78, 5) is 57.8. The van der Waals surface area contributed by atoms with Gasteiger partial charge in [-0.15, -0.1) is 11.3 Å². The lowest BCUT2D eigenvalue weighted by atomic mass is 10.0. The van der Waals surface area contributed by atoms with Crippen molar-refractivity contribution < 1.29 is 37.0 Å². The molecule has 2 aliphatic heterocycles. The third-order valence-electron chi connectivity index (χ3n) is 4.07. The molecule has 0 bridgehead atoms. The molecule has 16 heteroatoms. The maximum absolute atomic E-state index is 12.6. The fourth-order valence-corrected chi connectivity index (χ4v) is 4.26. The van der Waals surface area contributed by atoms with Gasteiger partial charge in [0.05, 0.1) is 0 Å². The van der Waals surface area contributed by atoms with Gasteiger partial charge >= 0.3 is 10.3 Å². The van der Waals surface area contributed by atoms with Gasteiger partial charge in [-0.05, 0) is 0 Å². The lowest BCUT2D eigenvalue weighted by Gasteiger charge is -2.47. The highest BCUT2D eigenvalue weighted by Crippen LogP contribution is 2.30. The van der Waals surface area contributed by atoms with Crippen LogP contribution >= 0.6 is 11.3 Å². The topological polar surface area (TPSA) is 202 Å². The van der Waals surface area contributed by atoms with E-state index in [0.717, 1.165) is 18.4 Å². The lowest BCUT2D eigenvalue weighted by Crippen LogP contribution is -2.77. The minimum absolute atomic E-state index is 0.0233. The quantitative estimate of drug-likeness (QED) is 0.140. The number of anilines is 1. The lowest BCUT2D eigenvalue weighted by molar-refractivity contribution is -0.162. The highest BCUT2D eigenvalue weighted by molar-refractivity contribution is 7.84. The second-order valence-corrected chi connectivity index (χ2v) is 8.01. The Morgan fingerprint density at radius 2 is 2.00 bits per heavy atom. The van der Waals surface area contributed by atoms with Gasteiger partial charge in [-0.3, -0.25) is 28.6 Å². The number of amides is 4. The predicted octanol–water partition coefficient (Wildman–Crippen LogP) is -2.32. The molecule has 3 heterocycles. The molecule has 2 atom stereocenters. The third-order valence-corrected chi connectivity index (χ3v) is 5.64. The van der Waals surface area contributed by atoms with Crippen LogP contribution in [0, 0.1) is 0 Å². The first-order valence-corrected chi connectivity index (χ1v) is 10.1. The normalized spacial score (nSPS) is 22.7. The molecule has 4 N–H and O–H groups in total. The summed E-state index contributed by atoms with van der Waals surface area (Å²) in [6, 6.07) is -1.63. The Bertz CT molecular complexity index is 1020. The average molecular weight is 446 g/mol. The first kappa shape index (κ1) is 20.6. The number of carbonyl (C=O) groups is 4. The van der Waals surface area contributed by atoms with Crippen molar-refractivity contribution in [3.05, 3.63) is 11.1 Å². The van der Waals surface area contributed by atoms with Crippen LogP contribution in [0.15, 0.2) is 10.5 Å². The maximum Gasteiger partial charge on any atom is 0.364 e. The van der Waals surface area contributed by atoms with Crippen LogP contribution in [0.1, 0.15) is 18.5 Å². The Morgan fingerprint density at radius 3 is 2.48 bits per heavy atom. The van der Waals surface area contributed by atoms with Crippen LogP contribution in [-0.4, -0.2) is 75.8 Å². The number of oxime groups is 1. The number of aromatic nitrogens is 1. The fourth-order valence-electron chi connectivity index (χ4n) is 2.88. The van der Waals surface area contributed by atoms with Gasteiger partial charge < -0.3 is 15.9 Å². The van der Waals surface area contributed by atoms with Gasteiger partial charge in [-0.25, -0.2) is 4.98 Å². The molecule has 2 aliphatic rings. The summed E-state index contributed by atoms with van der Waals surface area (Å²) >= 11 is 1.01. The van der Waals surface area contributed by atoms with Crippen molar-refractivity contribution in [1.82, 2.24) is 19.5 Å². The van der Waals surface area contributed by atoms with Gasteiger partial charge in [-0.2, -0.15) is 12.7 Å². The van der Waals surface area contributed by atoms with Crippen molar-refractivity contribution in [2.45, 2.75) is 25.0 Å². The Labute approximate surface area is 167 Å². The van der Waals surface area contributed by atoms with E-state index in [-0.39, 0.29) is 33.7 Å². The molecule has 29 heavy (non-hydrogen) atoms. The van der Waals surface area contributed by atoms with Gasteiger partial charge in [0.2, 0.25) is 11.8 Å². The van der Waals surface area contributed by atoms with E-state index in [2.05, 4.69) is 20.3 Å². The Morgan fingerprint density at radius 1 is 1.38 bits per heavy atom. The number of nitrogens with zero attached hydrogens (tertiary/aromatic N) is 4. The minimum Gasteiger partial charge on any atom is -0.398 e. The number of nitrogens with two attached hydrogens (primary N) is 1. The van der Waals surface area contributed by atoms with Crippen LogP contribution in [0.2, 0.25) is 0 Å². The van der Waals surface area contributed by atoms with Crippen molar-refractivity contribution in [3.8, 4) is 0 Å². The molecule has 0 saturated carbocycles. The molecule has 0 spiro atoms. The van der Waals surface area contributed by atoms with Crippen LogP contribution in [0.4, 0.5) is 5.13 Å². The molecular weight excluding hydrogens is 432 g/mol. The summed E-state index contributed by atoms with van der Waals surface area (Å²) in [5.74, 6) is -3.75. The molecule has 156 valence electrons. The molecular formula is C13H14N6O8S2. The van der Waals surface area contributed by atoms with E-state index in [0.29, 0.717) is 4.90 Å². The number of rotatable bonds is 6. The van der Waals surface area contributed by atoms with Crippen LogP contribution in [0.25, 0.3) is 0 Å². The van der Waals surface area contributed by atoms with E-state index < -0.39 is 46.1 Å². The second-order valence-electron chi connectivity index (χ2n) is 5.83. The van der Waals surface area contributed by atoms with Crippen LogP contribution in [-0.2, 0) is 34.3 Å². The first-order valence-electron chi connectivity index (χ1n) is 7.85. The molecule has 1 aromatic heterocycles. The van der Waals surface area contributed by atoms with Gasteiger partial charge in [-0.1, -0.05) is 5.16 Å². The van der Waals surface area contributed by atoms with E-state index in [1.54, 1.807) is 0 Å². The fraction of sp³-hybridized carbons (Fsp3) is 0.385.